The third-order valence-electron chi connectivity index (χ3n) is 4.70. The number of aliphatic hydroxyl groups is 1. The topological polar surface area (TPSA) is 72.5 Å². The average molecular weight is 341 g/mol. The highest BCUT2D eigenvalue weighted by Gasteiger charge is 2.32. The molecule has 0 bridgehead atoms. The molecule has 0 heterocycles. The van der Waals surface area contributed by atoms with E-state index in [1.54, 1.807) is 6.92 Å². The Morgan fingerprint density at radius 2 is 1.64 bits per heavy atom. The molecule has 0 aliphatic heterocycles. The van der Waals surface area contributed by atoms with Crippen molar-refractivity contribution >= 4 is 5.97 Å². The molecule has 2 rings (SSSR count). The number of ether oxygens (including phenoxy) is 1. The van der Waals surface area contributed by atoms with Crippen molar-refractivity contribution in [3.05, 3.63) is 60.2 Å². The maximum absolute atomic E-state index is 11.6. The van der Waals surface area contributed by atoms with Gasteiger partial charge in [0.2, 0.25) is 0 Å². The lowest BCUT2D eigenvalue weighted by Gasteiger charge is -2.33. The lowest BCUT2D eigenvalue weighted by Crippen LogP contribution is -2.44. The molecule has 0 radical (unpaired) electrons. The first kappa shape index (κ1) is 19.2. The van der Waals surface area contributed by atoms with Gasteiger partial charge in [0.1, 0.15) is 0 Å². The summed E-state index contributed by atoms with van der Waals surface area (Å²) in [5.74, 6) is -0.617. The van der Waals surface area contributed by atoms with E-state index < -0.39 is 12.1 Å². The molecule has 0 saturated heterocycles. The summed E-state index contributed by atoms with van der Waals surface area (Å²) >= 11 is 0. The van der Waals surface area contributed by atoms with Crippen molar-refractivity contribution in [3.8, 4) is 11.1 Å². The van der Waals surface area contributed by atoms with Crippen LogP contribution in [0.5, 0.6) is 0 Å². The third kappa shape index (κ3) is 4.68. The minimum Gasteiger partial charge on any atom is -0.464 e. The maximum Gasteiger partial charge on any atom is 0.335 e. The summed E-state index contributed by atoms with van der Waals surface area (Å²) in [4.78, 5) is 11.6. The van der Waals surface area contributed by atoms with Gasteiger partial charge in [0.05, 0.1) is 6.61 Å². The van der Waals surface area contributed by atoms with Gasteiger partial charge in [-0.2, -0.15) is 0 Å². The monoisotopic (exact) mass is 341 g/mol. The number of hydrogen-bond donors (Lipinski definition) is 2. The highest BCUT2D eigenvalue weighted by molar-refractivity contribution is 5.74. The molecular formula is C21H27NO3. The molecule has 0 aliphatic rings. The van der Waals surface area contributed by atoms with Gasteiger partial charge in [0.15, 0.2) is 6.10 Å². The number of nitrogens with two attached hydrogens (primary N) is 1. The predicted octanol–water partition coefficient (Wildman–Crippen LogP) is 3.27. The second kappa shape index (κ2) is 8.28. The predicted molar refractivity (Wildman–Crippen MR) is 100 cm³/mol. The first-order valence-corrected chi connectivity index (χ1v) is 8.62. The Kier molecular flexibility index (Phi) is 6.34. The minimum absolute atomic E-state index is 0.159. The van der Waals surface area contributed by atoms with Crippen molar-refractivity contribution < 1.29 is 14.6 Å². The van der Waals surface area contributed by atoms with Crippen LogP contribution in [0.25, 0.3) is 11.1 Å². The van der Waals surface area contributed by atoms with Crippen LogP contribution in [0.3, 0.4) is 0 Å². The zero-order chi connectivity index (χ0) is 18.4. The van der Waals surface area contributed by atoms with Gasteiger partial charge in [-0.15, -0.1) is 0 Å². The van der Waals surface area contributed by atoms with Crippen molar-refractivity contribution in [3.63, 3.8) is 0 Å². The van der Waals surface area contributed by atoms with Gasteiger partial charge >= 0.3 is 5.97 Å². The van der Waals surface area contributed by atoms with Gasteiger partial charge in [-0.05, 0) is 23.6 Å². The summed E-state index contributed by atoms with van der Waals surface area (Å²) in [5.41, 5.74) is 9.28. The fourth-order valence-electron chi connectivity index (χ4n) is 2.81. The average Bonchev–Trinajstić information content (AvgIpc) is 2.62. The highest BCUT2D eigenvalue weighted by Crippen LogP contribution is 2.30. The number of benzene rings is 2. The zero-order valence-electron chi connectivity index (χ0n) is 15.1. The molecule has 0 aliphatic carbocycles. The molecule has 4 nitrogen and oxygen atoms in total. The van der Waals surface area contributed by atoms with E-state index >= 15 is 0 Å². The number of carbonyl (C=O) groups excluding carboxylic acids is 1. The number of carbonyl (C=O) groups is 1. The van der Waals surface area contributed by atoms with E-state index in [-0.39, 0.29) is 24.5 Å². The summed E-state index contributed by atoms with van der Waals surface area (Å²) in [5, 5.41) is 9.97. The largest absolute Gasteiger partial charge is 0.464 e. The van der Waals surface area contributed by atoms with Crippen molar-refractivity contribution in [1.82, 2.24) is 0 Å². The molecule has 2 aromatic rings. The molecule has 0 fully saturated rings. The molecule has 0 spiro atoms. The van der Waals surface area contributed by atoms with E-state index in [2.05, 4.69) is 36.4 Å². The molecule has 0 saturated carbocycles. The van der Waals surface area contributed by atoms with Crippen molar-refractivity contribution in [2.75, 3.05) is 6.61 Å². The summed E-state index contributed by atoms with van der Waals surface area (Å²) in [6.45, 7) is 6.00. The summed E-state index contributed by atoms with van der Waals surface area (Å²) in [6, 6.07) is 18.0. The van der Waals surface area contributed by atoms with Crippen molar-refractivity contribution in [2.24, 2.45) is 5.73 Å². The molecule has 25 heavy (non-hydrogen) atoms. The SMILES string of the molecule is CCOC(=O)C(O)CC(N)C(C)(C)c1ccc(-c2ccccc2)cc1. The molecule has 3 N–H and O–H groups in total. The van der Waals surface area contributed by atoms with Crippen LogP contribution in [-0.2, 0) is 14.9 Å². The van der Waals surface area contributed by atoms with Crippen LogP contribution in [0.4, 0.5) is 0 Å². The first-order chi connectivity index (χ1) is 11.9. The molecule has 134 valence electrons. The molecular weight excluding hydrogens is 314 g/mol. The van der Waals surface area contributed by atoms with E-state index in [4.69, 9.17) is 10.5 Å². The molecule has 2 atom stereocenters. The van der Waals surface area contributed by atoms with Gasteiger partial charge < -0.3 is 15.6 Å². The minimum atomic E-state index is -1.20. The molecule has 2 unspecified atom stereocenters. The van der Waals surface area contributed by atoms with Gasteiger partial charge in [0, 0.05) is 17.9 Å². The Balaban J connectivity index is 2.11. The molecule has 0 aromatic heterocycles. The quantitative estimate of drug-likeness (QED) is 0.758. The number of esters is 1. The highest BCUT2D eigenvalue weighted by atomic mass is 16.5. The van der Waals surface area contributed by atoms with Crippen LogP contribution in [0.1, 0.15) is 32.8 Å². The zero-order valence-corrected chi connectivity index (χ0v) is 15.1. The maximum atomic E-state index is 11.6. The van der Waals surface area contributed by atoms with Gasteiger partial charge in [-0.3, -0.25) is 0 Å². The Labute approximate surface area is 149 Å². The van der Waals surface area contributed by atoms with Crippen LogP contribution in [0.15, 0.2) is 54.6 Å². The number of hydrogen-bond acceptors (Lipinski definition) is 4. The Morgan fingerprint density at radius 1 is 1.08 bits per heavy atom. The normalized spacial score (nSPS) is 14.0. The van der Waals surface area contributed by atoms with Crippen molar-refractivity contribution in [2.45, 2.75) is 44.8 Å². The standard InChI is InChI=1S/C21H27NO3/c1-4-25-20(24)18(23)14-19(22)21(2,3)17-12-10-16(11-13-17)15-8-6-5-7-9-15/h5-13,18-19,23H,4,14,22H2,1-3H3. The number of rotatable bonds is 7. The number of aliphatic hydroxyl groups excluding tert-OH is 1. The van der Waals surface area contributed by atoms with Crippen LogP contribution in [0.2, 0.25) is 0 Å². The van der Waals surface area contributed by atoms with E-state index in [0.717, 1.165) is 16.7 Å². The van der Waals surface area contributed by atoms with E-state index in [1.165, 1.54) is 0 Å². The summed E-state index contributed by atoms with van der Waals surface area (Å²) in [6.07, 6.45) is -1.04. The molecule has 0 amide bonds. The smallest absolute Gasteiger partial charge is 0.335 e. The Morgan fingerprint density at radius 3 is 2.20 bits per heavy atom. The van der Waals surface area contributed by atoms with Crippen LogP contribution in [0, 0.1) is 0 Å². The molecule has 4 heteroatoms. The lowest BCUT2D eigenvalue weighted by atomic mass is 9.76. The van der Waals surface area contributed by atoms with Gasteiger partial charge in [-0.1, -0.05) is 68.4 Å². The summed E-state index contributed by atoms with van der Waals surface area (Å²) < 4.78 is 4.84. The fourth-order valence-corrected chi connectivity index (χ4v) is 2.81. The van der Waals surface area contributed by atoms with E-state index in [0.29, 0.717) is 0 Å². The lowest BCUT2D eigenvalue weighted by molar-refractivity contribution is -0.153. The fraction of sp³-hybridized carbons (Fsp3) is 0.381. The Hall–Kier alpha value is -2.17. The van der Waals surface area contributed by atoms with E-state index in [1.807, 2.05) is 32.0 Å². The molecule has 2 aromatic carbocycles. The van der Waals surface area contributed by atoms with Crippen molar-refractivity contribution in [1.29, 1.82) is 0 Å². The van der Waals surface area contributed by atoms with Crippen LogP contribution in [-0.4, -0.2) is 29.8 Å². The second-order valence-corrected chi connectivity index (χ2v) is 6.78. The summed E-state index contributed by atoms with van der Waals surface area (Å²) in [7, 11) is 0. The third-order valence-corrected chi connectivity index (χ3v) is 4.70. The Bertz CT molecular complexity index is 680. The van der Waals surface area contributed by atoms with Crippen LogP contribution >= 0.6 is 0 Å². The first-order valence-electron chi connectivity index (χ1n) is 8.62. The van der Waals surface area contributed by atoms with Gasteiger partial charge in [0.25, 0.3) is 0 Å². The van der Waals surface area contributed by atoms with E-state index in [9.17, 15) is 9.90 Å². The van der Waals surface area contributed by atoms with Gasteiger partial charge in [-0.25, -0.2) is 4.79 Å². The second-order valence-electron chi connectivity index (χ2n) is 6.78. The van der Waals surface area contributed by atoms with Crippen LogP contribution < -0.4 is 5.73 Å².